The minimum atomic E-state index is -3.86. The monoisotopic (exact) mass is 358 g/mol. The van der Waals surface area contributed by atoms with Gasteiger partial charge in [0.25, 0.3) is 10.1 Å². The van der Waals surface area contributed by atoms with Crippen molar-refractivity contribution < 1.29 is 31.5 Å². The van der Waals surface area contributed by atoms with E-state index in [0.717, 1.165) is 5.56 Å². The molecule has 2 heterocycles. The van der Waals surface area contributed by atoms with Gasteiger partial charge < -0.3 is 18.9 Å². The van der Waals surface area contributed by atoms with Crippen molar-refractivity contribution in [1.82, 2.24) is 0 Å². The van der Waals surface area contributed by atoms with Crippen LogP contribution in [0.4, 0.5) is 0 Å². The van der Waals surface area contributed by atoms with E-state index in [9.17, 15) is 8.42 Å². The van der Waals surface area contributed by atoms with Crippen molar-refractivity contribution in [2.45, 2.75) is 56.1 Å². The molecule has 2 aliphatic heterocycles. The number of benzene rings is 1. The molecule has 7 nitrogen and oxygen atoms in total. The van der Waals surface area contributed by atoms with Crippen LogP contribution in [-0.4, -0.2) is 52.5 Å². The normalized spacial score (nSPS) is 32.0. The fraction of sp³-hybridized carbons (Fsp3) is 0.625. The van der Waals surface area contributed by atoms with Gasteiger partial charge in [-0.15, -0.1) is 0 Å². The third-order valence-electron chi connectivity index (χ3n) is 4.04. The molecular formula is C16H22O7S. The Morgan fingerprint density at radius 3 is 2.38 bits per heavy atom. The van der Waals surface area contributed by atoms with E-state index >= 15 is 0 Å². The topological polar surface area (TPSA) is 80.3 Å². The Balaban J connectivity index is 1.69. The van der Waals surface area contributed by atoms with Crippen LogP contribution in [-0.2, 0) is 33.2 Å². The number of rotatable bonds is 5. The molecule has 0 amide bonds. The summed E-state index contributed by atoms with van der Waals surface area (Å²) >= 11 is 0. The highest BCUT2D eigenvalue weighted by Crippen LogP contribution is 2.39. The van der Waals surface area contributed by atoms with Crippen LogP contribution in [0.25, 0.3) is 0 Å². The van der Waals surface area contributed by atoms with E-state index in [1.165, 1.54) is 19.2 Å². The fourth-order valence-corrected chi connectivity index (χ4v) is 3.81. The first kappa shape index (κ1) is 17.8. The molecule has 0 aliphatic carbocycles. The van der Waals surface area contributed by atoms with E-state index < -0.39 is 40.5 Å². The smallest absolute Gasteiger partial charge is 0.297 e. The van der Waals surface area contributed by atoms with Crippen LogP contribution < -0.4 is 0 Å². The Morgan fingerprint density at radius 2 is 1.75 bits per heavy atom. The van der Waals surface area contributed by atoms with E-state index in [4.69, 9.17) is 23.1 Å². The van der Waals surface area contributed by atoms with Gasteiger partial charge in [0.2, 0.25) is 0 Å². The standard InChI is InChI=1S/C16H22O7S/c1-10-5-7-11(8-6-10)24(17,18)20-9-12-13-14(15(19-4)21-12)23-16(2,3)22-13/h5-8,12-15H,9H2,1-4H3/t12-,13+,14-,15+/m0/s1. The zero-order valence-corrected chi connectivity index (χ0v) is 14.9. The van der Waals surface area contributed by atoms with E-state index in [2.05, 4.69) is 0 Å². The van der Waals surface area contributed by atoms with E-state index in [-0.39, 0.29) is 11.5 Å². The summed E-state index contributed by atoms with van der Waals surface area (Å²) in [6.45, 7) is 5.29. The lowest BCUT2D eigenvalue weighted by molar-refractivity contribution is -0.229. The molecule has 1 aromatic carbocycles. The largest absolute Gasteiger partial charge is 0.353 e. The zero-order valence-electron chi connectivity index (χ0n) is 14.1. The Morgan fingerprint density at radius 1 is 1.12 bits per heavy atom. The Kier molecular flexibility index (Phi) is 4.71. The molecule has 134 valence electrons. The quantitative estimate of drug-likeness (QED) is 0.740. The van der Waals surface area contributed by atoms with Crippen molar-refractivity contribution in [3.63, 3.8) is 0 Å². The summed E-state index contributed by atoms with van der Waals surface area (Å²) in [6, 6.07) is 6.46. The van der Waals surface area contributed by atoms with Crippen molar-refractivity contribution in [2.24, 2.45) is 0 Å². The number of aryl methyl sites for hydroxylation is 1. The summed E-state index contributed by atoms with van der Waals surface area (Å²) in [5.74, 6) is -0.774. The van der Waals surface area contributed by atoms with Crippen LogP contribution in [0.5, 0.6) is 0 Å². The van der Waals surface area contributed by atoms with Gasteiger partial charge in [-0.25, -0.2) is 0 Å². The average Bonchev–Trinajstić information content (AvgIpc) is 2.99. The lowest BCUT2D eigenvalue weighted by Crippen LogP contribution is -2.33. The van der Waals surface area contributed by atoms with Crippen molar-refractivity contribution in [2.75, 3.05) is 13.7 Å². The summed E-state index contributed by atoms with van der Waals surface area (Å²) < 4.78 is 52.2. The predicted octanol–water partition coefficient (Wildman–Crippen LogP) is 1.59. The lowest BCUT2D eigenvalue weighted by atomic mass is 10.1. The second kappa shape index (κ2) is 6.36. The molecule has 0 spiro atoms. The molecule has 0 bridgehead atoms. The van der Waals surface area contributed by atoms with Crippen LogP contribution in [0.3, 0.4) is 0 Å². The molecule has 2 aliphatic rings. The van der Waals surface area contributed by atoms with Gasteiger partial charge in [-0.05, 0) is 32.9 Å². The predicted molar refractivity (Wildman–Crippen MR) is 83.8 cm³/mol. The van der Waals surface area contributed by atoms with Gasteiger partial charge in [0.05, 0.1) is 11.5 Å². The van der Waals surface area contributed by atoms with Crippen LogP contribution in [0.2, 0.25) is 0 Å². The fourth-order valence-electron chi connectivity index (χ4n) is 2.90. The highest BCUT2D eigenvalue weighted by molar-refractivity contribution is 7.86. The molecule has 0 unspecified atom stereocenters. The third-order valence-corrected chi connectivity index (χ3v) is 5.33. The molecule has 0 radical (unpaired) electrons. The Bertz CT molecular complexity index is 683. The minimum absolute atomic E-state index is 0.106. The van der Waals surface area contributed by atoms with Gasteiger partial charge in [-0.2, -0.15) is 8.42 Å². The van der Waals surface area contributed by atoms with Gasteiger partial charge >= 0.3 is 0 Å². The van der Waals surface area contributed by atoms with Gasteiger partial charge in [-0.3, -0.25) is 4.18 Å². The molecule has 0 N–H and O–H groups in total. The Hall–Kier alpha value is -1.03. The number of hydrogen-bond acceptors (Lipinski definition) is 7. The first-order valence-corrected chi connectivity index (χ1v) is 9.13. The first-order valence-electron chi connectivity index (χ1n) is 7.72. The summed E-state index contributed by atoms with van der Waals surface area (Å²) in [5.41, 5.74) is 0.970. The number of methoxy groups -OCH3 is 1. The Labute approximate surface area is 141 Å². The molecule has 4 atom stereocenters. The van der Waals surface area contributed by atoms with Crippen molar-refractivity contribution in [1.29, 1.82) is 0 Å². The van der Waals surface area contributed by atoms with Gasteiger partial charge in [0, 0.05) is 7.11 Å². The third kappa shape index (κ3) is 3.49. The van der Waals surface area contributed by atoms with Crippen molar-refractivity contribution in [3.05, 3.63) is 29.8 Å². The highest BCUT2D eigenvalue weighted by atomic mass is 32.2. The molecular weight excluding hydrogens is 336 g/mol. The van der Waals surface area contributed by atoms with Crippen LogP contribution in [0.15, 0.2) is 29.2 Å². The highest BCUT2D eigenvalue weighted by Gasteiger charge is 2.55. The molecule has 24 heavy (non-hydrogen) atoms. The summed E-state index contributed by atoms with van der Waals surface area (Å²) in [6.07, 6.45) is -2.08. The maximum atomic E-state index is 12.3. The SMILES string of the molecule is CO[C@@H]1O[C@@H](COS(=O)(=O)c2ccc(C)cc2)[C@H]2OC(C)(C)O[C@H]12. The number of fused-ring (bicyclic) bond motifs is 1. The molecule has 2 fully saturated rings. The maximum Gasteiger partial charge on any atom is 0.297 e. The van der Waals surface area contributed by atoms with E-state index in [0.29, 0.717) is 0 Å². The molecule has 0 saturated carbocycles. The summed E-state index contributed by atoms with van der Waals surface area (Å²) in [7, 11) is -2.36. The minimum Gasteiger partial charge on any atom is -0.353 e. The number of hydrogen-bond donors (Lipinski definition) is 0. The first-order chi connectivity index (χ1) is 11.2. The van der Waals surface area contributed by atoms with Crippen LogP contribution >= 0.6 is 0 Å². The van der Waals surface area contributed by atoms with Gasteiger partial charge in [-0.1, -0.05) is 17.7 Å². The van der Waals surface area contributed by atoms with Crippen LogP contribution in [0, 0.1) is 6.92 Å². The second-order valence-corrected chi connectivity index (χ2v) is 8.01. The van der Waals surface area contributed by atoms with E-state index in [1.807, 2.05) is 6.92 Å². The average molecular weight is 358 g/mol. The molecule has 3 rings (SSSR count). The van der Waals surface area contributed by atoms with Crippen LogP contribution in [0.1, 0.15) is 19.4 Å². The van der Waals surface area contributed by atoms with Gasteiger partial charge in [0.1, 0.15) is 18.3 Å². The second-order valence-electron chi connectivity index (χ2n) is 6.40. The molecule has 8 heteroatoms. The maximum absolute atomic E-state index is 12.3. The van der Waals surface area contributed by atoms with Gasteiger partial charge in [0.15, 0.2) is 12.1 Å². The summed E-state index contributed by atoms with van der Waals surface area (Å²) in [5, 5.41) is 0. The number of ether oxygens (including phenoxy) is 4. The zero-order chi connectivity index (χ0) is 17.5. The molecule has 0 aromatic heterocycles. The molecule has 2 saturated heterocycles. The van der Waals surface area contributed by atoms with Crippen molar-refractivity contribution >= 4 is 10.1 Å². The summed E-state index contributed by atoms with van der Waals surface area (Å²) in [4.78, 5) is 0.106. The van der Waals surface area contributed by atoms with E-state index in [1.54, 1.807) is 26.0 Å². The molecule has 1 aromatic rings. The lowest BCUT2D eigenvalue weighted by Gasteiger charge is -2.23. The van der Waals surface area contributed by atoms with Crippen molar-refractivity contribution in [3.8, 4) is 0 Å².